The molecule has 4 heteroatoms. The Hall–Kier alpha value is -3.89. The summed E-state index contributed by atoms with van der Waals surface area (Å²) < 4.78 is 2.28. The number of rotatable bonds is 8. The van der Waals surface area contributed by atoms with Crippen molar-refractivity contribution in [3.05, 3.63) is 174 Å². The lowest BCUT2D eigenvalue weighted by atomic mass is 9.76. The van der Waals surface area contributed by atoms with Crippen LogP contribution in [0.1, 0.15) is 35.0 Å². The molecule has 0 aliphatic carbocycles. The minimum Gasteiger partial charge on any atom is -0.327 e. The van der Waals surface area contributed by atoms with Crippen molar-refractivity contribution in [3.63, 3.8) is 0 Å². The molecule has 2 radical (unpaired) electrons. The third kappa shape index (κ3) is 6.46. The van der Waals surface area contributed by atoms with Crippen molar-refractivity contribution in [2.45, 2.75) is 23.9 Å². The summed E-state index contributed by atoms with van der Waals surface area (Å²) in [5.41, 5.74) is 6.22. The van der Waals surface area contributed by atoms with Crippen molar-refractivity contribution in [2.75, 3.05) is 0 Å². The predicted octanol–water partition coefficient (Wildman–Crippen LogP) is 6.74. The molecule has 0 fully saturated rings. The third-order valence-corrected chi connectivity index (χ3v) is 9.69. The lowest BCUT2D eigenvalue weighted by Crippen LogP contribution is -2.41. The van der Waals surface area contributed by atoms with Crippen molar-refractivity contribution < 1.29 is 0 Å². The first-order chi connectivity index (χ1) is 18.1. The molecule has 5 rings (SSSR count). The van der Waals surface area contributed by atoms with Crippen molar-refractivity contribution in [3.8, 4) is 0 Å². The normalized spacial score (nSPS) is 11.3. The largest absolute Gasteiger partial charge is 0.327 e. The van der Waals surface area contributed by atoms with Gasteiger partial charge in [0.15, 0.2) is 0 Å². The number of imidazole rings is 1. The van der Waals surface area contributed by atoms with Gasteiger partial charge in [-0.3, -0.25) is 0 Å². The van der Waals surface area contributed by atoms with Crippen LogP contribution in [0.25, 0.3) is 0 Å². The molecule has 0 aliphatic heterocycles. The van der Waals surface area contributed by atoms with E-state index in [-0.39, 0.29) is 11.0 Å². The highest BCUT2D eigenvalue weighted by molar-refractivity contribution is 6.42. The van der Waals surface area contributed by atoms with E-state index in [1.54, 1.807) is 0 Å². The lowest BCUT2D eigenvalue weighted by molar-refractivity contribution is 0.592. The molecule has 0 saturated heterocycles. The van der Waals surface area contributed by atoms with E-state index in [0.717, 1.165) is 17.2 Å². The first kappa shape index (κ1) is 26.2. The SMILES string of the molecule is C=C(C)C[SiH2]C(c1ccccc1)(c1ccccc1)n1ccnc1.[B]C(c1ccccc1)c1ccccc1. The van der Waals surface area contributed by atoms with Gasteiger partial charge in [-0.05, 0) is 41.0 Å². The van der Waals surface area contributed by atoms with Crippen molar-refractivity contribution in [2.24, 2.45) is 0 Å². The van der Waals surface area contributed by atoms with Crippen LogP contribution in [0.4, 0.5) is 0 Å². The van der Waals surface area contributed by atoms with Crippen LogP contribution in [-0.2, 0) is 5.16 Å². The van der Waals surface area contributed by atoms with E-state index in [1.807, 2.05) is 48.9 Å². The number of hydrogen-bond acceptors (Lipinski definition) is 1. The Morgan fingerprint density at radius 3 is 1.59 bits per heavy atom. The van der Waals surface area contributed by atoms with Crippen LogP contribution in [0.5, 0.6) is 0 Å². The highest BCUT2D eigenvalue weighted by atomic mass is 28.2. The molecule has 4 aromatic carbocycles. The van der Waals surface area contributed by atoms with Gasteiger partial charge in [-0.25, -0.2) is 4.98 Å². The molecule has 182 valence electrons. The van der Waals surface area contributed by atoms with E-state index in [2.05, 4.69) is 114 Å². The molecule has 1 aromatic heterocycles. The molecule has 0 atom stereocenters. The Balaban J connectivity index is 0.000000195. The summed E-state index contributed by atoms with van der Waals surface area (Å²) in [6, 6.07) is 43.0. The standard InChI is InChI=1S/C20H22N2Si.C13H11B/c1-17(2)15-23-20(22-14-13-21-16-22,18-9-5-3-6-10-18)19-11-7-4-8-12-19;14-13(11-7-3-1-4-8-11)12-9-5-2-6-10-12/h3-14,16H,1,15,23H2,2H3;1-10,13H. The van der Waals surface area contributed by atoms with Crippen molar-refractivity contribution in [1.82, 2.24) is 9.55 Å². The Bertz CT molecular complexity index is 1260. The molecule has 0 saturated carbocycles. The summed E-state index contributed by atoms with van der Waals surface area (Å²) in [6.45, 7) is 6.26. The highest BCUT2D eigenvalue weighted by Gasteiger charge is 2.35. The van der Waals surface area contributed by atoms with Crippen LogP contribution in [0.2, 0.25) is 6.04 Å². The molecular weight excluding hydrogens is 463 g/mol. The fourth-order valence-corrected chi connectivity index (χ4v) is 6.99. The molecule has 0 aliphatic rings. The van der Waals surface area contributed by atoms with Crippen LogP contribution in [-0.4, -0.2) is 26.9 Å². The predicted molar refractivity (Wildman–Crippen MR) is 160 cm³/mol. The summed E-state index contributed by atoms with van der Waals surface area (Å²) in [6.07, 6.45) is 5.91. The number of benzene rings is 4. The summed E-state index contributed by atoms with van der Waals surface area (Å²) >= 11 is 0. The molecule has 37 heavy (non-hydrogen) atoms. The first-order valence-corrected chi connectivity index (χ1v) is 14.4. The van der Waals surface area contributed by atoms with Gasteiger partial charge in [0.2, 0.25) is 0 Å². The van der Waals surface area contributed by atoms with Crippen LogP contribution >= 0.6 is 0 Å². The van der Waals surface area contributed by atoms with E-state index in [0.29, 0.717) is 0 Å². The van der Waals surface area contributed by atoms with E-state index in [1.165, 1.54) is 16.7 Å². The van der Waals surface area contributed by atoms with Gasteiger partial charge >= 0.3 is 0 Å². The average molecular weight is 497 g/mol. The Morgan fingerprint density at radius 1 is 0.784 bits per heavy atom. The van der Waals surface area contributed by atoms with Crippen LogP contribution in [0, 0.1) is 0 Å². The Labute approximate surface area is 225 Å². The molecule has 0 N–H and O–H groups in total. The van der Waals surface area contributed by atoms with E-state index >= 15 is 0 Å². The lowest BCUT2D eigenvalue weighted by Gasteiger charge is -2.37. The molecule has 5 aromatic rings. The summed E-state index contributed by atoms with van der Waals surface area (Å²) in [7, 11) is 5.55. The second-order valence-electron chi connectivity index (χ2n) is 9.32. The molecule has 0 spiro atoms. The van der Waals surface area contributed by atoms with Crippen LogP contribution < -0.4 is 0 Å². The zero-order valence-corrected chi connectivity index (χ0v) is 22.9. The second kappa shape index (κ2) is 12.9. The van der Waals surface area contributed by atoms with Gasteiger partial charge in [0.25, 0.3) is 0 Å². The first-order valence-electron chi connectivity index (χ1n) is 12.7. The maximum absolute atomic E-state index is 6.12. The molecular formula is C33H33BN2Si. The average Bonchev–Trinajstić information content (AvgIpc) is 3.51. The summed E-state index contributed by atoms with van der Waals surface area (Å²) in [5, 5.41) is -0.127. The van der Waals surface area contributed by atoms with Gasteiger partial charge in [0.1, 0.15) is 0 Å². The van der Waals surface area contributed by atoms with Gasteiger partial charge in [-0.15, -0.1) is 6.58 Å². The van der Waals surface area contributed by atoms with Gasteiger partial charge < -0.3 is 4.57 Å². The highest BCUT2D eigenvalue weighted by Crippen LogP contribution is 2.34. The summed E-state index contributed by atoms with van der Waals surface area (Å²) in [4.78, 5) is 4.33. The monoisotopic (exact) mass is 496 g/mol. The number of allylic oxidation sites excluding steroid dienone is 1. The van der Waals surface area contributed by atoms with E-state index in [9.17, 15) is 0 Å². The minimum atomic E-state index is -0.571. The summed E-state index contributed by atoms with van der Waals surface area (Å²) in [5.74, 6) is -0.0163. The fraction of sp³-hybridized carbons (Fsp3) is 0.121. The van der Waals surface area contributed by atoms with Gasteiger partial charge in [-0.2, -0.15) is 0 Å². The smallest absolute Gasteiger partial charge is 0.0953 e. The quantitative estimate of drug-likeness (QED) is 0.172. The van der Waals surface area contributed by atoms with Gasteiger partial charge in [-0.1, -0.05) is 127 Å². The van der Waals surface area contributed by atoms with E-state index < -0.39 is 9.52 Å². The van der Waals surface area contributed by atoms with E-state index in [4.69, 9.17) is 7.85 Å². The van der Waals surface area contributed by atoms with Crippen LogP contribution in [0.3, 0.4) is 0 Å². The molecule has 0 unspecified atom stereocenters. The van der Waals surface area contributed by atoms with Gasteiger partial charge in [0.05, 0.1) is 28.9 Å². The minimum absolute atomic E-state index is 0.0163. The number of nitrogens with zero attached hydrogens (tertiary/aromatic N) is 2. The fourth-order valence-electron chi connectivity index (χ4n) is 4.70. The maximum Gasteiger partial charge on any atom is 0.0953 e. The zero-order chi connectivity index (χ0) is 25.9. The molecule has 0 bridgehead atoms. The Kier molecular flexibility index (Phi) is 9.12. The molecule has 0 amide bonds. The number of aromatic nitrogens is 2. The maximum atomic E-state index is 6.12. The van der Waals surface area contributed by atoms with Crippen molar-refractivity contribution in [1.29, 1.82) is 0 Å². The Morgan fingerprint density at radius 2 is 1.22 bits per heavy atom. The van der Waals surface area contributed by atoms with Crippen LogP contribution in [0.15, 0.2) is 152 Å². The van der Waals surface area contributed by atoms with Crippen molar-refractivity contribution >= 4 is 17.4 Å². The second-order valence-corrected chi connectivity index (χ2v) is 11.3. The zero-order valence-electron chi connectivity index (χ0n) is 21.4. The number of hydrogen-bond donors (Lipinski definition) is 0. The topological polar surface area (TPSA) is 17.8 Å². The van der Waals surface area contributed by atoms with Gasteiger partial charge in [0, 0.05) is 12.4 Å². The third-order valence-electron chi connectivity index (χ3n) is 6.68. The molecule has 2 nitrogen and oxygen atoms in total. The molecule has 1 heterocycles.